The third-order valence-electron chi connectivity index (χ3n) is 11.8. The second-order valence-electron chi connectivity index (χ2n) is 17.6. The van der Waals surface area contributed by atoms with Crippen LogP contribution < -0.4 is 26.0 Å². The van der Waals surface area contributed by atoms with Gasteiger partial charge >= 0.3 is 0 Å². The molecule has 1 aliphatic carbocycles. The summed E-state index contributed by atoms with van der Waals surface area (Å²) in [5, 5.41) is 34.8. The second kappa shape index (κ2) is 19.5. The SMILES string of the molecule is Cc1ncsc1-c1ccc(CNC(=O)[C@@H]2C[C@@H](O)CN2C(=O)[C@@H](NC(=O)C2(F)CC2)C(C)(C)C)c(OCCCOCCN2CCN(c3cc(-c4ccccc4O)nnc3N)CC2)c1. The first kappa shape index (κ1) is 45.6. The first-order valence-electron chi connectivity index (χ1n) is 21.5. The van der Waals surface area contributed by atoms with Gasteiger partial charge in [-0.2, -0.15) is 0 Å². The summed E-state index contributed by atoms with van der Waals surface area (Å²) >= 11 is 1.53. The summed E-state index contributed by atoms with van der Waals surface area (Å²) < 4.78 is 26.9. The lowest BCUT2D eigenvalue weighted by atomic mass is 9.85. The normalized spacial score (nSPS) is 19.1. The van der Waals surface area contributed by atoms with Gasteiger partial charge in [0.1, 0.15) is 23.6 Å². The standard InChI is InChI=1S/C45H58FN9O7S/c1-28-38(63-27-49-28)29-10-11-30(25-48-41(58)35-23-31(56)26-55(35)42(59)39(44(2,3)4)50-43(60)45(46)12-13-45)37(22-29)62-20-7-19-61-21-18-53-14-16-54(17-15-53)34-24-33(51-52-40(34)47)32-8-5-6-9-36(32)57/h5-6,8-11,22,24,27,31,35,39,56-57H,7,12-21,23,25-26H2,1-4H3,(H2,47,52)(H,48,58)(H,50,60)/t31-,35+,39-/m1/s1. The van der Waals surface area contributed by atoms with Gasteiger partial charge in [-0.1, -0.05) is 45.0 Å². The van der Waals surface area contributed by atoms with Crippen LogP contribution in [0, 0.1) is 12.3 Å². The monoisotopic (exact) mass is 887 g/mol. The number of nitrogens with zero attached hydrogens (tertiary/aromatic N) is 6. The summed E-state index contributed by atoms with van der Waals surface area (Å²) in [4.78, 5) is 51.6. The van der Waals surface area contributed by atoms with Gasteiger partial charge in [-0.05, 0) is 55.0 Å². The number of hydrogen-bond donors (Lipinski definition) is 5. The molecule has 0 unspecified atom stereocenters. The van der Waals surface area contributed by atoms with Gasteiger partial charge in [0.2, 0.25) is 11.8 Å². The number of amides is 3. The summed E-state index contributed by atoms with van der Waals surface area (Å²) in [5.74, 6) is -0.750. The number of alkyl halides is 1. The number of nitrogens with two attached hydrogens (primary N) is 1. The number of phenolic OH excluding ortho intramolecular Hbond substituents is 1. The largest absolute Gasteiger partial charge is 0.507 e. The number of rotatable bonds is 17. The van der Waals surface area contributed by atoms with Crippen molar-refractivity contribution in [2.75, 3.05) is 69.7 Å². The molecule has 338 valence electrons. The number of halogens is 1. The van der Waals surface area contributed by atoms with Gasteiger partial charge in [0.15, 0.2) is 11.5 Å². The number of carbonyl (C=O) groups is 3. The summed E-state index contributed by atoms with van der Waals surface area (Å²) in [7, 11) is 0. The van der Waals surface area contributed by atoms with E-state index in [1.165, 1.54) is 16.2 Å². The van der Waals surface area contributed by atoms with E-state index in [2.05, 4.69) is 35.6 Å². The number of anilines is 2. The molecule has 7 rings (SSSR count). The maximum Gasteiger partial charge on any atom is 0.258 e. The van der Waals surface area contributed by atoms with E-state index in [1.54, 1.807) is 44.5 Å². The number of aromatic hydroxyl groups is 1. The summed E-state index contributed by atoms with van der Waals surface area (Å²) in [6, 6.07) is 12.6. The predicted molar refractivity (Wildman–Crippen MR) is 238 cm³/mol. The highest BCUT2D eigenvalue weighted by atomic mass is 32.1. The Morgan fingerprint density at radius 3 is 2.51 bits per heavy atom. The van der Waals surface area contributed by atoms with Crippen LogP contribution in [0.4, 0.5) is 15.9 Å². The van der Waals surface area contributed by atoms with Crippen LogP contribution in [-0.2, 0) is 25.7 Å². The molecule has 18 heteroatoms. The summed E-state index contributed by atoms with van der Waals surface area (Å²) in [6.07, 6.45) is -0.0660. The molecule has 3 fully saturated rings. The van der Waals surface area contributed by atoms with E-state index in [4.69, 9.17) is 15.2 Å². The number of benzene rings is 2. The van der Waals surface area contributed by atoms with Gasteiger partial charge < -0.3 is 45.9 Å². The number of aryl methyl sites for hydroxylation is 1. The molecular weight excluding hydrogens is 830 g/mol. The van der Waals surface area contributed by atoms with Crippen LogP contribution in [0.15, 0.2) is 54.0 Å². The number of aliphatic hydroxyl groups is 1. The fourth-order valence-corrected chi connectivity index (χ4v) is 8.69. The van der Waals surface area contributed by atoms with Gasteiger partial charge in [0, 0.05) is 76.4 Å². The van der Waals surface area contributed by atoms with Crippen molar-refractivity contribution in [3.8, 4) is 33.2 Å². The van der Waals surface area contributed by atoms with E-state index >= 15 is 0 Å². The Morgan fingerprint density at radius 1 is 1.05 bits per heavy atom. The van der Waals surface area contributed by atoms with Gasteiger partial charge in [-0.25, -0.2) is 9.37 Å². The first-order valence-corrected chi connectivity index (χ1v) is 22.4. The van der Waals surface area contributed by atoms with Crippen molar-refractivity contribution < 1.29 is 38.5 Å². The number of likely N-dealkylation sites (tertiary alicyclic amines) is 1. The quantitative estimate of drug-likeness (QED) is 0.0949. The molecular formula is C45H58FN9O7S. The molecule has 63 heavy (non-hydrogen) atoms. The number of thiazole rings is 1. The molecule has 16 nitrogen and oxygen atoms in total. The van der Waals surface area contributed by atoms with Crippen LogP contribution in [0.5, 0.6) is 11.5 Å². The topological polar surface area (TPSA) is 209 Å². The number of piperazine rings is 1. The molecule has 1 saturated carbocycles. The Morgan fingerprint density at radius 2 is 1.81 bits per heavy atom. The Balaban J connectivity index is 0.896. The molecule has 0 spiro atoms. The second-order valence-corrected chi connectivity index (χ2v) is 18.5. The fourth-order valence-electron chi connectivity index (χ4n) is 7.89. The number of phenols is 1. The van der Waals surface area contributed by atoms with Crippen molar-refractivity contribution in [3.63, 3.8) is 0 Å². The summed E-state index contributed by atoms with van der Waals surface area (Å²) in [6.45, 7) is 12.6. The van der Waals surface area contributed by atoms with Crippen LogP contribution in [0.2, 0.25) is 0 Å². The number of nitrogen functional groups attached to an aromatic ring is 1. The zero-order chi connectivity index (χ0) is 44.9. The zero-order valence-electron chi connectivity index (χ0n) is 36.3. The predicted octanol–water partition coefficient (Wildman–Crippen LogP) is 4.08. The number of hydrogen-bond acceptors (Lipinski definition) is 14. The Bertz CT molecular complexity index is 2260. The lowest BCUT2D eigenvalue weighted by molar-refractivity contribution is -0.145. The molecule has 2 aromatic heterocycles. The van der Waals surface area contributed by atoms with Gasteiger partial charge in [0.05, 0.1) is 46.8 Å². The van der Waals surface area contributed by atoms with E-state index < -0.39 is 47.0 Å². The van der Waals surface area contributed by atoms with E-state index in [9.17, 15) is 29.0 Å². The number of carbonyl (C=O) groups excluding carboxylic acids is 3. The lowest BCUT2D eigenvalue weighted by Crippen LogP contribution is -2.59. The molecule has 3 amide bonds. The molecule has 2 saturated heterocycles. The Labute approximate surface area is 371 Å². The van der Waals surface area contributed by atoms with Crippen molar-refractivity contribution in [3.05, 3.63) is 65.3 Å². The minimum Gasteiger partial charge on any atom is -0.507 e. The van der Waals surface area contributed by atoms with Crippen LogP contribution in [0.25, 0.3) is 21.7 Å². The molecule has 3 aliphatic rings. The fraction of sp³-hybridized carbons (Fsp3) is 0.511. The number of nitrogens with one attached hydrogen (secondary N) is 2. The van der Waals surface area contributed by atoms with Crippen LogP contribution in [-0.4, -0.2) is 136 Å². The van der Waals surface area contributed by atoms with Crippen LogP contribution in [0.1, 0.15) is 57.7 Å². The average molecular weight is 888 g/mol. The highest BCUT2D eigenvalue weighted by Gasteiger charge is 2.53. The minimum atomic E-state index is -1.97. The molecule has 2 aliphatic heterocycles. The van der Waals surface area contributed by atoms with Gasteiger partial charge in [-0.3, -0.25) is 19.3 Å². The van der Waals surface area contributed by atoms with Crippen molar-refractivity contribution in [2.24, 2.45) is 5.41 Å². The molecule has 6 N–H and O–H groups in total. The third-order valence-corrected chi connectivity index (χ3v) is 12.8. The van der Waals surface area contributed by atoms with Gasteiger partial charge in [0.25, 0.3) is 5.91 Å². The maximum absolute atomic E-state index is 14.6. The average Bonchev–Trinajstić information content (AvgIpc) is 3.67. The molecule has 2 aromatic carbocycles. The number of aromatic nitrogens is 3. The zero-order valence-corrected chi connectivity index (χ0v) is 37.1. The van der Waals surface area contributed by atoms with Gasteiger partial charge in [-0.15, -0.1) is 21.5 Å². The highest BCUT2D eigenvalue weighted by molar-refractivity contribution is 7.13. The Hall–Kier alpha value is -5.43. The van der Waals surface area contributed by atoms with E-state index in [1.807, 2.05) is 37.3 Å². The molecule has 0 radical (unpaired) electrons. The molecule has 3 atom stereocenters. The maximum atomic E-state index is 14.6. The lowest BCUT2D eigenvalue weighted by Gasteiger charge is -2.36. The minimum absolute atomic E-state index is 0.0275. The van der Waals surface area contributed by atoms with Crippen molar-refractivity contribution >= 4 is 40.6 Å². The van der Waals surface area contributed by atoms with E-state index in [0.29, 0.717) is 49.1 Å². The summed E-state index contributed by atoms with van der Waals surface area (Å²) in [5.41, 5.74) is 9.77. The van der Waals surface area contributed by atoms with Crippen LogP contribution in [0.3, 0.4) is 0 Å². The number of para-hydroxylation sites is 1. The number of ether oxygens (including phenoxy) is 2. The van der Waals surface area contributed by atoms with Crippen molar-refractivity contribution in [2.45, 2.75) is 83.8 Å². The van der Waals surface area contributed by atoms with Crippen LogP contribution >= 0.6 is 11.3 Å². The molecule has 4 heterocycles. The smallest absolute Gasteiger partial charge is 0.258 e. The Kier molecular flexibility index (Phi) is 14.1. The highest BCUT2D eigenvalue weighted by Crippen LogP contribution is 2.41. The van der Waals surface area contributed by atoms with Crippen molar-refractivity contribution in [1.29, 1.82) is 0 Å². The number of aliphatic hydroxyl groups excluding tert-OH is 1. The third kappa shape index (κ3) is 11.0. The molecule has 4 aromatic rings. The van der Waals surface area contributed by atoms with Crippen molar-refractivity contribution in [1.82, 2.24) is 35.6 Å². The van der Waals surface area contributed by atoms with E-state index in [-0.39, 0.29) is 38.1 Å². The first-order chi connectivity index (χ1) is 30.1. The van der Waals surface area contributed by atoms with E-state index in [0.717, 1.165) is 60.1 Å². The molecule has 0 bridgehead atoms. The number of β-amino-alcohol motifs (C(OH)–C–C–N with tert-alkyl or cyclic N) is 1.